The third kappa shape index (κ3) is 4.67. The number of hydrogen-bond donors (Lipinski definition) is 1. The number of hydrogen-bond acceptors (Lipinski definition) is 1. The van der Waals surface area contributed by atoms with Gasteiger partial charge in [-0.2, -0.15) is 0 Å². The Labute approximate surface area is 101 Å². The van der Waals surface area contributed by atoms with Crippen molar-refractivity contribution in [2.24, 2.45) is 5.73 Å². The van der Waals surface area contributed by atoms with Crippen LogP contribution in [0.15, 0.2) is 60.7 Å². The molecule has 0 spiro atoms. The van der Waals surface area contributed by atoms with Gasteiger partial charge in [-0.3, -0.25) is 4.79 Å². The third-order valence-corrected chi connectivity index (χ3v) is 2.00. The summed E-state index contributed by atoms with van der Waals surface area (Å²) in [7, 11) is 0. The first-order valence-electron chi connectivity index (χ1n) is 5.10. The minimum atomic E-state index is -0.379. The van der Waals surface area contributed by atoms with Gasteiger partial charge in [0.1, 0.15) is 0 Å². The van der Waals surface area contributed by atoms with Crippen molar-refractivity contribution in [1.82, 2.24) is 0 Å². The van der Waals surface area contributed by atoms with E-state index in [2.05, 4.69) is 5.92 Å². The molecule has 0 aliphatic heterocycles. The highest BCUT2D eigenvalue weighted by molar-refractivity contribution is 5.92. The molecular formula is C15H13NO. The molecule has 2 aromatic rings. The van der Waals surface area contributed by atoms with E-state index in [9.17, 15) is 4.79 Å². The van der Waals surface area contributed by atoms with Crippen molar-refractivity contribution in [3.05, 3.63) is 71.8 Å². The number of benzene rings is 2. The predicted molar refractivity (Wildman–Crippen MR) is 69.3 cm³/mol. The molecule has 0 radical (unpaired) electrons. The summed E-state index contributed by atoms with van der Waals surface area (Å²) in [4.78, 5) is 10.4. The number of nitrogens with two attached hydrogens (primary N) is 1. The summed E-state index contributed by atoms with van der Waals surface area (Å²) in [6.07, 6.45) is 5.10. The fraction of sp³-hybridized carbons (Fsp3) is 0. The van der Waals surface area contributed by atoms with Gasteiger partial charge < -0.3 is 5.73 Å². The zero-order valence-electron chi connectivity index (χ0n) is 9.34. The van der Waals surface area contributed by atoms with E-state index < -0.39 is 0 Å². The molecule has 2 aromatic carbocycles. The molecule has 0 unspecified atom stereocenters. The minimum absolute atomic E-state index is 0.379. The molecule has 2 heteroatoms. The first-order chi connectivity index (χ1) is 8.24. The lowest BCUT2D eigenvalue weighted by Crippen LogP contribution is -2.09. The molecule has 2 rings (SSSR count). The highest BCUT2D eigenvalue weighted by Gasteiger charge is 1.93. The van der Waals surface area contributed by atoms with E-state index in [0.29, 0.717) is 5.56 Å². The highest BCUT2D eigenvalue weighted by atomic mass is 16.1. The summed E-state index contributed by atoms with van der Waals surface area (Å²) in [6.45, 7) is 0. The Hall–Kier alpha value is -2.53. The van der Waals surface area contributed by atoms with Crippen LogP contribution in [0.4, 0.5) is 0 Å². The van der Waals surface area contributed by atoms with E-state index in [1.165, 1.54) is 0 Å². The van der Waals surface area contributed by atoms with Crippen LogP contribution in [0.5, 0.6) is 0 Å². The van der Waals surface area contributed by atoms with Gasteiger partial charge in [0.2, 0.25) is 5.91 Å². The van der Waals surface area contributed by atoms with Crippen molar-refractivity contribution in [2.45, 2.75) is 0 Å². The molecule has 2 nitrogen and oxygen atoms in total. The molecule has 0 saturated carbocycles. The summed E-state index contributed by atoms with van der Waals surface area (Å²) < 4.78 is 0. The largest absolute Gasteiger partial charge is 0.366 e. The molecule has 0 aromatic heterocycles. The van der Waals surface area contributed by atoms with Gasteiger partial charge >= 0.3 is 0 Å². The maximum Gasteiger partial charge on any atom is 0.248 e. The van der Waals surface area contributed by atoms with E-state index in [0.717, 1.165) is 5.56 Å². The summed E-state index contributed by atoms with van der Waals surface area (Å²) in [5.41, 5.74) is 6.47. The van der Waals surface area contributed by atoms with Crippen molar-refractivity contribution in [2.75, 3.05) is 0 Å². The molecule has 0 fully saturated rings. The minimum Gasteiger partial charge on any atom is -0.366 e. The molecule has 84 valence electrons. The van der Waals surface area contributed by atoms with Crippen LogP contribution in [0.1, 0.15) is 15.9 Å². The van der Waals surface area contributed by atoms with Crippen molar-refractivity contribution in [1.29, 1.82) is 0 Å². The van der Waals surface area contributed by atoms with Gasteiger partial charge in [-0.05, 0) is 24.3 Å². The molecule has 0 bridgehead atoms. The lowest BCUT2D eigenvalue weighted by Gasteiger charge is -1.89. The van der Waals surface area contributed by atoms with Crippen molar-refractivity contribution in [3.8, 4) is 12.3 Å². The Bertz CT molecular complexity index is 497. The third-order valence-electron chi connectivity index (χ3n) is 2.00. The zero-order chi connectivity index (χ0) is 12.5. The van der Waals surface area contributed by atoms with Crippen LogP contribution in [0.25, 0.3) is 0 Å². The van der Waals surface area contributed by atoms with E-state index in [1.807, 2.05) is 36.4 Å². The summed E-state index contributed by atoms with van der Waals surface area (Å²) in [5.74, 6) is 2.15. The quantitative estimate of drug-likeness (QED) is 0.741. The molecular weight excluding hydrogens is 210 g/mol. The second-order valence-electron chi connectivity index (χ2n) is 3.24. The van der Waals surface area contributed by atoms with E-state index in [-0.39, 0.29) is 5.91 Å². The van der Waals surface area contributed by atoms with Crippen LogP contribution in [0.3, 0.4) is 0 Å². The molecule has 0 aliphatic carbocycles. The standard InChI is InChI=1S/C8H6.C7H7NO/c1-2-8-6-4-3-5-7-8;8-7(9)6-4-2-1-3-5-6/h1,3-7H;1-5H,(H2,8,9). The SMILES string of the molecule is C#Cc1ccccc1.NC(=O)c1ccccc1. The maximum absolute atomic E-state index is 10.4. The van der Waals surface area contributed by atoms with Crippen LogP contribution in [0, 0.1) is 12.3 Å². The van der Waals surface area contributed by atoms with Gasteiger partial charge in [0, 0.05) is 11.1 Å². The van der Waals surface area contributed by atoms with Gasteiger partial charge in [-0.1, -0.05) is 42.3 Å². The Balaban J connectivity index is 0.000000171. The Morgan fingerprint density at radius 1 is 0.941 bits per heavy atom. The maximum atomic E-state index is 10.4. The first-order valence-corrected chi connectivity index (χ1v) is 5.10. The van der Waals surface area contributed by atoms with Gasteiger partial charge in [0.15, 0.2) is 0 Å². The summed E-state index contributed by atoms with van der Waals surface area (Å²) >= 11 is 0. The summed E-state index contributed by atoms with van der Waals surface area (Å²) in [6, 6.07) is 18.4. The van der Waals surface area contributed by atoms with E-state index >= 15 is 0 Å². The smallest absolute Gasteiger partial charge is 0.248 e. The van der Waals surface area contributed by atoms with E-state index in [4.69, 9.17) is 12.2 Å². The Kier molecular flexibility index (Phi) is 5.06. The monoisotopic (exact) mass is 223 g/mol. The fourth-order valence-corrected chi connectivity index (χ4v) is 1.14. The van der Waals surface area contributed by atoms with Crippen LogP contribution >= 0.6 is 0 Å². The fourth-order valence-electron chi connectivity index (χ4n) is 1.14. The van der Waals surface area contributed by atoms with Gasteiger partial charge in [0.25, 0.3) is 0 Å². The number of carbonyl (C=O) groups excluding carboxylic acids is 1. The van der Waals surface area contributed by atoms with Crippen LogP contribution < -0.4 is 5.73 Å². The van der Waals surface area contributed by atoms with Crippen molar-refractivity contribution < 1.29 is 4.79 Å². The van der Waals surface area contributed by atoms with Gasteiger partial charge in [-0.25, -0.2) is 0 Å². The average Bonchev–Trinajstić information content (AvgIpc) is 2.41. The van der Waals surface area contributed by atoms with Crippen LogP contribution in [-0.4, -0.2) is 5.91 Å². The molecule has 0 aliphatic rings. The number of terminal acetylenes is 1. The lowest BCUT2D eigenvalue weighted by atomic mass is 10.2. The number of primary amides is 1. The average molecular weight is 223 g/mol. The molecule has 0 atom stereocenters. The number of amides is 1. The molecule has 1 amide bonds. The normalized spacial score (nSPS) is 8.41. The van der Waals surface area contributed by atoms with Gasteiger partial charge in [0.05, 0.1) is 0 Å². The predicted octanol–water partition coefficient (Wildman–Crippen LogP) is 2.45. The van der Waals surface area contributed by atoms with Gasteiger partial charge in [-0.15, -0.1) is 6.42 Å². The highest BCUT2D eigenvalue weighted by Crippen LogP contribution is 1.94. The summed E-state index contributed by atoms with van der Waals surface area (Å²) in [5, 5.41) is 0. The number of rotatable bonds is 1. The van der Waals surface area contributed by atoms with E-state index in [1.54, 1.807) is 24.3 Å². The van der Waals surface area contributed by atoms with Crippen molar-refractivity contribution in [3.63, 3.8) is 0 Å². The first kappa shape index (κ1) is 12.5. The molecule has 17 heavy (non-hydrogen) atoms. The topological polar surface area (TPSA) is 43.1 Å². The molecule has 0 saturated heterocycles. The second kappa shape index (κ2) is 6.86. The number of carbonyl (C=O) groups is 1. The van der Waals surface area contributed by atoms with Crippen LogP contribution in [-0.2, 0) is 0 Å². The second-order valence-corrected chi connectivity index (χ2v) is 3.24. The Morgan fingerprint density at radius 3 is 1.71 bits per heavy atom. The Morgan fingerprint density at radius 2 is 1.41 bits per heavy atom. The lowest BCUT2D eigenvalue weighted by molar-refractivity contribution is 0.100. The molecule has 2 N–H and O–H groups in total. The molecule has 0 heterocycles. The van der Waals surface area contributed by atoms with Crippen molar-refractivity contribution >= 4 is 5.91 Å². The zero-order valence-corrected chi connectivity index (χ0v) is 9.34. The van der Waals surface area contributed by atoms with Crippen LogP contribution in [0.2, 0.25) is 0 Å².